The van der Waals surface area contributed by atoms with Gasteiger partial charge in [-0.25, -0.2) is 14.0 Å². The van der Waals surface area contributed by atoms with Crippen LogP contribution in [0.5, 0.6) is 0 Å². The van der Waals surface area contributed by atoms with E-state index in [-0.39, 0.29) is 17.5 Å². The Balaban J connectivity index is 1.57. The van der Waals surface area contributed by atoms with Crippen LogP contribution in [-0.4, -0.2) is 38.2 Å². The van der Waals surface area contributed by atoms with Crippen molar-refractivity contribution >= 4 is 23.6 Å². The quantitative estimate of drug-likeness (QED) is 0.603. The third-order valence-corrected chi connectivity index (χ3v) is 5.72. The van der Waals surface area contributed by atoms with Crippen molar-refractivity contribution in [3.05, 3.63) is 87.6 Å². The standard InChI is InChI=1S/C23H23ClN4O2/c1-26-23(30)28(19-10-3-2-4-11-19)22(25-26)18-9-7-15-27(16-18)21(29)14-13-17-8-5-6-12-20(17)24/h2-6,8,10-14,18H,7,9,15-16H2,1H3/b14-13+. The van der Waals surface area contributed by atoms with E-state index >= 15 is 0 Å². The lowest BCUT2D eigenvalue weighted by Gasteiger charge is -2.31. The van der Waals surface area contributed by atoms with Gasteiger partial charge in [0.1, 0.15) is 5.82 Å². The van der Waals surface area contributed by atoms with Gasteiger partial charge in [0.2, 0.25) is 5.91 Å². The van der Waals surface area contributed by atoms with E-state index in [1.807, 2.05) is 53.4 Å². The van der Waals surface area contributed by atoms with E-state index in [9.17, 15) is 9.59 Å². The van der Waals surface area contributed by atoms with Gasteiger partial charge in [-0.1, -0.05) is 48.0 Å². The topological polar surface area (TPSA) is 60.1 Å². The maximum atomic E-state index is 12.8. The first-order chi connectivity index (χ1) is 14.5. The number of hydrogen-bond acceptors (Lipinski definition) is 3. The molecule has 1 aromatic heterocycles. The average Bonchev–Trinajstić information content (AvgIpc) is 3.08. The smallest absolute Gasteiger partial charge is 0.338 e. The monoisotopic (exact) mass is 422 g/mol. The molecule has 1 fully saturated rings. The SMILES string of the molecule is Cn1nc(C2CCCN(C(=O)/C=C/c3ccccc3Cl)C2)n(-c2ccccc2)c1=O. The number of aryl methyl sites for hydroxylation is 1. The van der Waals surface area contributed by atoms with Gasteiger partial charge in [0.05, 0.1) is 5.69 Å². The van der Waals surface area contributed by atoms with Crippen LogP contribution in [0.3, 0.4) is 0 Å². The van der Waals surface area contributed by atoms with Crippen LogP contribution in [0, 0.1) is 0 Å². The highest BCUT2D eigenvalue weighted by Gasteiger charge is 2.29. The first-order valence-corrected chi connectivity index (χ1v) is 10.4. The van der Waals surface area contributed by atoms with Gasteiger partial charge >= 0.3 is 5.69 Å². The second-order valence-electron chi connectivity index (χ2n) is 7.41. The van der Waals surface area contributed by atoms with Gasteiger partial charge in [0.25, 0.3) is 0 Å². The fourth-order valence-corrected chi connectivity index (χ4v) is 4.03. The molecule has 4 rings (SSSR count). The Morgan fingerprint density at radius 3 is 2.63 bits per heavy atom. The number of halogens is 1. The summed E-state index contributed by atoms with van der Waals surface area (Å²) in [6.45, 7) is 1.21. The highest BCUT2D eigenvalue weighted by Crippen LogP contribution is 2.27. The number of carbonyl (C=O) groups excluding carboxylic acids is 1. The molecule has 0 bridgehead atoms. The van der Waals surface area contributed by atoms with Crippen molar-refractivity contribution in [1.82, 2.24) is 19.2 Å². The molecule has 1 saturated heterocycles. The second kappa shape index (κ2) is 8.71. The predicted octanol–water partition coefficient (Wildman–Crippen LogP) is 3.64. The maximum Gasteiger partial charge on any atom is 0.350 e. The fourth-order valence-electron chi connectivity index (χ4n) is 3.83. The first-order valence-electron chi connectivity index (χ1n) is 9.97. The molecule has 3 aromatic rings. The van der Waals surface area contributed by atoms with Crippen molar-refractivity contribution in [2.45, 2.75) is 18.8 Å². The van der Waals surface area contributed by atoms with Crippen LogP contribution >= 0.6 is 11.6 Å². The Morgan fingerprint density at radius 1 is 1.13 bits per heavy atom. The number of benzene rings is 2. The van der Waals surface area contributed by atoms with E-state index in [4.69, 9.17) is 11.6 Å². The molecular weight excluding hydrogens is 400 g/mol. The van der Waals surface area contributed by atoms with E-state index in [2.05, 4.69) is 5.10 Å². The van der Waals surface area contributed by atoms with Crippen LogP contribution < -0.4 is 5.69 Å². The molecule has 1 aliphatic rings. The zero-order chi connectivity index (χ0) is 21.1. The van der Waals surface area contributed by atoms with Crippen LogP contribution in [0.25, 0.3) is 11.8 Å². The van der Waals surface area contributed by atoms with Crippen LogP contribution in [0.15, 0.2) is 65.5 Å². The average molecular weight is 423 g/mol. The van der Waals surface area contributed by atoms with E-state index in [0.717, 1.165) is 24.1 Å². The van der Waals surface area contributed by atoms with Crippen molar-refractivity contribution in [2.75, 3.05) is 13.1 Å². The molecule has 1 aliphatic heterocycles. The summed E-state index contributed by atoms with van der Waals surface area (Å²) < 4.78 is 3.01. The Labute approximate surface area is 180 Å². The number of likely N-dealkylation sites (tertiary alicyclic amines) is 1. The Kier molecular flexibility index (Phi) is 5.86. The number of para-hydroxylation sites is 1. The molecule has 1 atom stereocenters. The van der Waals surface area contributed by atoms with Gasteiger partial charge in [0, 0.05) is 37.2 Å². The maximum absolute atomic E-state index is 12.8. The van der Waals surface area contributed by atoms with Gasteiger partial charge < -0.3 is 4.90 Å². The van der Waals surface area contributed by atoms with Gasteiger partial charge in [-0.15, -0.1) is 0 Å². The lowest BCUT2D eigenvalue weighted by Crippen LogP contribution is -2.39. The highest BCUT2D eigenvalue weighted by molar-refractivity contribution is 6.32. The third-order valence-electron chi connectivity index (χ3n) is 5.37. The van der Waals surface area contributed by atoms with Crippen molar-refractivity contribution < 1.29 is 4.79 Å². The largest absolute Gasteiger partial charge is 0.350 e. The van der Waals surface area contributed by atoms with Gasteiger partial charge in [-0.05, 0) is 42.7 Å². The lowest BCUT2D eigenvalue weighted by atomic mass is 9.97. The van der Waals surface area contributed by atoms with E-state index in [0.29, 0.717) is 23.9 Å². The molecule has 0 N–H and O–H groups in total. The summed E-state index contributed by atoms with van der Waals surface area (Å²) in [6.07, 6.45) is 5.04. The molecule has 1 unspecified atom stereocenters. The number of aromatic nitrogens is 3. The molecule has 6 nitrogen and oxygen atoms in total. The summed E-state index contributed by atoms with van der Waals surface area (Å²) >= 11 is 6.17. The summed E-state index contributed by atoms with van der Waals surface area (Å²) in [5.74, 6) is 0.621. The molecule has 30 heavy (non-hydrogen) atoms. The first kappa shape index (κ1) is 20.2. The number of amides is 1. The molecule has 7 heteroatoms. The van der Waals surface area contributed by atoms with Crippen LogP contribution in [0.1, 0.15) is 30.1 Å². The minimum atomic E-state index is -0.182. The molecule has 1 amide bonds. The Hall–Kier alpha value is -3.12. The Morgan fingerprint density at radius 2 is 1.87 bits per heavy atom. The summed E-state index contributed by atoms with van der Waals surface area (Å²) in [5.41, 5.74) is 1.41. The molecule has 0 spiro atoms. The summed E-state index contributed by atoms with van der Waals surface area (Å²) in [6, 6.07) is 16.9. The summed E-state index contributed by atoms with van der Waals surface area (Å²) in [7, 11) is 1.66. The number of piperidine rings is 1. The zero-order valence-electron chi connectivity index (χ0n) is 16.7. The number of rotatable bonds is 4. The van der Waals surface area contributed by atoms with Crippen LogP contribution in [0.4, 0.5) is 0 Å². The number of carbonyl (C=O) groups is 1. The lowest BCUT2D eigenvalue weighted by molar-refractivity contribution is -0.127. The van der Waals surface area contributed by atoms with E-state index in [1.54, 1.807) is 29.8 Å². The Bertz CT molecular complexity index is 1130. The zero-order valence-corrected chi connectivity index (χ0v) is 17.5. The fraction of sp³-hybridized carbons (Fsp3) is 0.261. The minimum absolute atomic E-state index is 0.00878. The van der Waals surface area contributed by atoms with E-state index < -0.39 is 0 Å². The molecule has 2 aromatic carbocycles. The van der Waals surface area contributed by atoms with Crippen molar-refractivity contribution in [2.24, 2.45) is 7.05 Å². The van der Waals surface area contributed by atoms with E-state index in [1.165, 1.54) is 4.68 Å². The van der Waals surface area contributed by atoms with Gasteiger partial charge in [0.15, 0.2) is 0 Å². The van der Waals surface area contributed by atoms with Crippen molar-refractivity contribution in [1.29, 1.82) is 0 Å². The van der Waals surface area contributed by atoms with Gasteiger partial charge in [-0.3, -0.25) is 4.79 Å². The molecular formula is C23H23ClN4O2. The van der Waals surface area contributed by atoms with Crippen molar-refractivity contribution in [3.8, 4) is 5.69 Å². The number of hydrogen-bond donors (Lipinski definition) is 0. The van der Waals surface area contributed by atoms with Crippen LogP contribution in [-0.2, 0) is 11.8 Å². The molecule has 154 valence electrons. The van der Waals surface area contributed by atoms with Crippen LogP contribution in [0.2, 0.25) is 5.02 Å². The minimum Gasteiger partial charge on any atom is -0.338 e. The molecule has 0 aliphatic carbocycles. The highest BCUT2D eigenvalue weighted by atomic mass is 35.5. The molecule has 0 radical (unpaired) electrons. The normalized spacial score (nSPS) is 16.9. The second-order valence-corrected chi connectivity index (χ2v) is 7.82. The molecule has 2 heterocycles. The predicted molar refractivity (Wildman–Crippen MR) is 118 cm³/mol. The number of nitrogens with zero attached hydrogens (tertiary/aromatic N) is 4. The van der Waals surface area contributed by atoms with Crippen molar-refractivity contribution in [3.63, 3.8) is 0 Å². The summed E-state index contributed by atoms with van der Waals surface area (Å²) in [5, 5.41) is 5.11. The summed E-state index contributed by atoms with van der Waals surface area (Å²) in [4.78, 5) is 27.3. The molecule has 0 saturated carbocycles. The third kappa shape index (κ3) is 4.09. The van der Waals surface area contributed by atoms with Gasteiger partial charge in [-0.2, -0.15) is 5.10 Å².